The Morgan fingerprint density at radius 3 is 2.68 bits per heavy atom. The van der Waals surface area contributed by atoms with Crippen LogP contribution < -0.4 is 5.32 Å². The molecule has 0 unspecified atom stereocenters. The lowest BCUT2D eigenvalue weighted by atomic mass is 10.2. The predicted octanol–water partition coefficient (Wildman–Crippen LogP) is 2.31. The Morgan fingerprint density at radius 2 is 2.04 bits per heavy atom. The quantitative estimate of drug-likeness (QED) is 0.660. The van der Waals surface area contributed by atoms with Crippen molar-refractivity contribution >= 4 is 22.4 Å². The van der Waals surface area contributed by atoms with Gasteiger partial charge in [-0.2, -0.15) is 5.26 Å². The van der Waals surface area contributed by atoms with Crippen molar-refractivity contribution in [2.45, 2.75) is 6.54 Å². The number of rotatable bonds is 5. The van der Waals surface area contributed by atoms with Gasteiger partial charge in [0.1, 0.15) is 11.6 Å². The average molecular weight is 353 g/mol. The molecule has 1 saturated heterocycles. The van der Waals surface area contributed by atoms with E-state index >= 15 is 0 Å². The highest BCUT2D eigenvalue weighted by molar-refractivity contribution is 7.13. The van der Waals surface area contributed by atoms with Crippen LogP contribution in [0.5, 0.6) is 0 Å². The fraction of sp³-hybridized carbons (Fsp3) is 0.278. The van der Waals surface area contributed by atoms with Gasteiger partial charge in [-0.15, -0.1) is 11.3 Å². The normalized spacial score (nSPS) is 15.6. The summed E-state index contributed by atoms with van der Waals surface area (Å²) in [6.45, 7) is 3.75. The summed E-state index contributed by atoms with van der Waals surface area (Å²) in [5, 5.41) is 14.7. The van der Waals surface area contributed by atoms with Gasteiger partial charge < -0.3 is 10.2 Å². The molecule has 2 aromatic rings. The third kappa shape index (κ3) is 4.66. The Labute approximate surface area is 151 Å². The van der Waals surface area contributed by atoms with Crippen molar-refractivity contribution < 1.29 is 4.79 Å². The molecule has 1 aromatic heterocycles. The summed E-state index contributed by atoms with van der Waals surface area (Å²) in [5.41, 5.74) is 1.37. The van der Waals surface area contributed by atoms with Gasteiger partial charge in [-0.25, -0.2) is 4.98 Å². The van der Waals surface area contributed by atoms with Crippen LogP contribution >= 0.6 is 11.3 Å². The maximum Gasteiger partial charge on any atom is 0.266 e. The van der Waals surface area contributed by atoms with E-state index in [2.05, 4.69) is 27.3 Å². The number of hydrogen-bond donors (Lipinski definition) is 1. The summed E-state index contributed by atoms with van der Waals surface area (Å²) in [4.78, 5) is 20.6. The number of nitrogens with zero attached hydrogens (tertiary/aromatic N) is 4. The molecule has 25 heavy (non-hydrogen) atoms. The van der Waals surface area contributed by atoms with Gasteiger partial charge in [0, 0.05) is 50.5 Å². The molecule has 0 spiro atoms. The van der Waals surface area contributed by atoms with Crippen molar-refractivity contribution in [1.82, 2.24) is 14.8 Å². The number of thiazole rings is 1. The van der Waals surface area contributed by atoms with Gasteiger partial charge in [0.05, 0.1) is 0 Å². The summed E-state index contributed by atoms with van der Waals surface area (Å²) < 4.78 is 0. The Balaban J connectivity index is 1.53. The molecule has 1 aliphatic rings. The summed E-state index contributed by atoms with van der Waals surface area (Å²) in [6, 6.07) is 12.3. The lowest BCUT2D eigenvalue weighted by Crippen LogP contribution is -2.48. The molecule has 0 saturated carbocycles. The molecule has 0 aliphatic carbocycles. The number of nitrogens with one attached hydrogen (secondary N) is 1. The van der Waals surface area contributed by atoms with Gasteiger partial charge in [0.25, 0.3) is 5.91 Å². The zero-order valence-corrected chi connectivity index (χ0v) is 14.6. The monoisotopic (exact) mass is 353 g/mol. The molecule has 3 rings (SSSR count). The Bertz CT molecular complexity index is 759. The molecule has 1 amide bonds. The van der Waals surface area contributed by atoms with Crippen LogP contribution in [-0.2, 0) is 11.3 Å². The number of amides is 1. The van der Waals surface area contributed by atoms with Crippen LogP contribution in [0.4, 0.5) is 5.13 Å². The molecule has 6 nitrogen and oxygen atoms in total. The number of nitriles is 1. The van der Waals surface area contributed by atoms with Crippen molar-refractivity contribution in [1.29, 1.82) is 5.26 Å². The topological polar surface area (TPSA) is 72.3 Å². The second-order valence-corrected chi connectivity index (χ2v) is 6.60. The zero-order chi connectivity index (χ0) is 17.5. The molecule has 128 valence electrons. The van der Waals surface area contributed by atoms with Crippen molar-refractivity contribution in [2.75, 3.05) is 31.5 Å². The van der Waals surface area contributed by atoms with E-state index < -0.39 is 0 Å². The first kappa shape index (κ1) is 17.1. The largest absolute Gasteiger partial charge is 0.337 e. The summed E-state index contributed by atoms with van der Waals surface area (Å²) in [5.74, 6) is -0.231. The fourth-order valence-electron chi connectivity index (χ4n) is 2.69. The zero-order valence-electron chi connectivity index (χ0n) is 13.8. The van der Waals surface area contributed by atoms with Crippen molar-refractivity contribution in [2.24, 2.45) is 0 Å². The van der Waals surface area contributed by atoms with Crippen molar-refractivity contribution in [3.63, 3.8) is 0 Å². The van der Waals surface area contributed by atoms with E-state index in [9.17, 15) is 10.1 Å². The smallest absolute Gasteiger partial charge is 0.266 e. The van der Waals surface area contributed by atoms with Crippen molar-refractivity contribution in [3.05, 3.63) is 59.2 Å². The van der Waals surface area contributed by atoms with E-state index in [4.69, 9.17) is 0 Å². The average Bonchev–Trinajstić information content (AvgIpc) is 3.17. The van der Waals surface area contributed by atoms with Crippen LogP contribution in [0.25, 0.3) is 0 Å². The molecule has 0 bridgehead atoms. The molecular weight excluding hydrogens is 334 g/mol. The van der Waals surface area contributed by atoms with E-state index in [1.807, 2.05) is 29.6 Å². The van der Waals surface area contributed by atoms with E-state index in [1.54, 1.807) is 11.1 Å². The van der Waals surface area contributed by atoms with Gasteiger partial charge in [0.2, 0.25) is 0 Å². The minimum atomic E-state index is -0.231. The number of piperazine rings is 1. The highest BCUT2D eigenvalue weighted by Crippen LogP contribution is 2.13. The first-order valence-corrected chi connectivity index (χ1v) is 8.96. The second-order valence-electron chi connectivity index (χ2n) is 5.71. The third-order valence-corrected chi connectivity index (χ3v) is 4.74. The van der Waals surface area contributed by atoms with Crippen molar-refractivity contribution in [3.8, 4) is 6.07 Å². The van der Waals surface area contributed by atoms with Crippen LogP contribution in [0.15, 0.2) is 53.7 Å². The number of benzene rings is 1. The van der Waals surface area contributed by atoms with E-state index in [0.717, 1.165) is 19.6 Å². The van der Waals surface area contributed by atoms with Gasteiger partial charge in [-0.3, -0.25) is 9.69 Å². The molecule has 1 N–H and O–H groups in total. The summed E-state index contributed by atoms with van der Waals surface area (Å²) in [7, 11) is 0. The van der Waals surface area contributed by atoms with E-state index in [-0.39, 0.29) is 11.5 Å². The first-order valence-electron chi connectivity index (χ1n) is 8.08. The lowest BCUT2D eigenvalue weighted by molar-refractivity contribution is -0.128. The van der Waals surface area contributed by atoms with E-state index in [0.29, 0.717) is 18.2 Å². The van der Waals surface area contributed by atoms with Gasteiger partial charge in [-0.05, 0) is 5.56 Å². The number of carbonyl (C=O) groups excluding carboxylic acids is 1. The van der Waals surface area contributed by atoms with Gasteiger partial charge >= 0.3 is 0 Å². The third-order valence-electron chi connectivity index (χ3n) is 4.03. The van der Waals surface area contributed by atoms with Gasteiger partial charge in [-0.1, -0.05) is 30.3 Å². The van der Waals surface area contributed by atoms with Crippen LogP contribution in [-0.4, -0.2) is 46.9 Å². The van der Waals surface area contributed by atoms with Crippen LogP contribution in [0.2, 0.25) is 0 Å². The molecule has 2 heterocycles. The lowest BCUT2D eigenvalue weighted by Gasteiger charge is -2.34. The van der Waals surface area contributed by atoms with Crippen LogP contribution in [0, 0.1) is 11.3 Å². The Hall–Kier alpha value is -2.69. The summed E-state index contributed by atoms with van der Waals surface area (Å²) >= 11 is 1.42. The summed E-state index contributed by atoms with van der Waals surface area (Å²) in [6.07, 6.45) is 3.11. The Kier molecular flexibility index (Phi) is 5.77. The molecule has 7 heteroatoms. The van der Waals surface area contributed by atoms with Crippen LogP contribution in [0.1, 0.15) is 5.56 Å². The molecule has 0 radical (unpaired) electrons. The minimum Gasteiger partial charge on any atom is -0.337 e. The number of anilines is 1. The fourth-order valence-corrected chi connectivity index (χ4v) is 3.19. The van der Waals surface area contributed by atoms with Crippen LogP contribution in [0.3, 0.4) is 0 Å². The molecule has 1 fully saturated rings. The van der Waals surface area contributed by atoms with Gasteiger partial charge in [0.15, 0.2) is 5.13 Å². The van der Waals surface area contributed by atoms with E-state index in [1.165, 1.54) is 23.1 Å². The molecule has 0 atom stereocenters. The maximum atomic E-state index is 12.5. The molecule has 1 aromatic carbocycles. The predicted molar refractivity (Wildman–Crippen MR) is 97.7 cm³/mol. The first-order chi connectivity index (χ1) is 12.3. The maximum absolute atomic E-state index is 12.5. The SMILES string of the molecule is N#C/C(=C/Nc1nccs1)C(=O)N1CCN(Cc2ccccc2)CC1. The highest BCUT2D eigenvalue weighted by atomic mass is 32.1. The number of carbonyl (C=O) groups is 1. The molecular formula is C18H19N5OS. The Morgan fingerprint density at radius 1 is 1.28 bits per heavy atom. The number of hydrogen-bond acceptors (Lipinski definition) is 6. The number of aromatic nitrogens is 1. The standard InChI is InChI=1S/C18H19N5OS/c19-12-16(13-21-18-20-6-11-25-18)17(24)23-9-7-22(8-10-23)14-15-4-2-1-3-5-15/h1-6,11,13H,7-10,14H2,(H,20,21)/b16-13-. The minimum absolute atomic E-state index is 0.103. The highest BCUT2D eigenvalue weighted by Gasteiger charge is 2.23. The second kappa shape index (κ2) is 8.42. The molecule has 1 aliphatic heterocycles.